The van der Waals surface area contributed by atoms with Crippen LogP contribution < -0.4 is 0 Å². The molecule has 1 nitrogen and oxygen atoms in total. The van der Waals surface area contributed by atoms with Crippen LogP contribution in [0.4, 0.5) is 4.39 Å². The van der Waals surface area contributed by atoms with Gasteiger partial charge >= 0.3 is 0 Å². The summed E-state index contributed by atoms with van der Waals surface area (Å²) in [4.78, 5) is 0. The van der Waals surface area contributed by atoms with Crippen molar-refractivity contribution in [2.45, 2.75) is 78.7 Å². The maximum atomic E-state index is 14.4. The van der Waals surface area contributed by atoms with E-state index >= 15 is 0 Å². The first-order valence-corrected chi connectivity index (χ1v) is 12.1. The van der Waals surface area contributed by atoms with E-state index in [4.69, 9.17) is 0 Å². The SMILES string of the molecule is Cc1cccc(C(O)C2CC(CCCCC(C)C)CC[C@@H]2C2C=CC=C(F)C2C)c1. The second kappa shape index (κ2) is 10.8. The molecule has 0 amide bonds. The van der Waals surface area contributed by atoms with Crippen LogP contribution in [0.25, 0.3) is 0 Å². The molecule has 0 aromatic heterocycles. The maximum absolute atomic E-state index is 14.4. The zero-order chi connectivity index (χ0) is 21.7. The first-order chi connectivity index (χ1) is 14.4. The highest BCUT2D eigenvalue weighted by molar-refractivity contribution is 5.25. The smallest absolute Gasteiger partial charge is 0.103 e. The number of hydrogen-bond donors (Lipinski definition) is 1. The lowest BCUT2D eigenvalue weighted by Gasteiger charge is -2.44. The van der Waals surface area contributed by atoms with Crippen molar-refractivity contribution in [1.29, 1.82) is 0 Å². The number of aliphatic hydroxyl groups is 1. The van der Waals surface area contributed by atoms with Crippen molar-refractivity contribution < 1.29 is 9.50 Å². The van der Waals surface area contributed by atoms with Gasteiger partial charge in [0, 0.05) is 5.92 Å². The molecule has 2 heteroatoms. The van der Waals surface area contributed by atoms with Gasteiger partial charge in [-0.05, 0) is 61.0 Å². The quantitative estimate of drug-likeness (QED) is 0.429. The van der Waals surface area contributed by atoms with E-state index in [-0.39, 0.29) is 23.6 Å². The number of aryl methyl sites for hydroxylation is 1. The van der Waals surface area contributed by atoms with E-state index in [1.807, 2.05) is 19.1 Å². The van der Waals surface area contributed by atoms with Gasteiger partial charge in [0.15, 0.2) is 0 Å². The number of halogens is 1. The second-order valence-corrected chi connectivity index (χ2v) is 10.3. The molecular formula is C28H41FO. The van der Waals surface area contributed by atoms with Gasteiger partial charge in [-0.25, -0.2) is 4.39 Å². The van der Waals surface area contributed by atoms with Crippen LogP contribution in [0.2, 0.25) is 0 Å². The summed E-state index contributed by atoms with van der Waals surface area (Å²) in [5, 5.41) is 11.5. The normalized spacial score (nSPS) is 30.4. The van der Waals surface area contributed by atoms with Gasteiger partial charge in [-0.2, -0.15) is 0 Å². The molecule has 2 aliphatic carbocycles. The Morgan fingerprint density at radius 3 is 2.70 bits per heavy atom. The average Bonchev–Trinajstić information content (AvgIpc) is 2.72. The molecular weight excluding hydrogens is 371 g/mol. The molecule has 1 saturated carbocycles. The Hall–Kier alpha value is -1.41. The fraction of sp³-hybridized carbons (Fsp3) is 0.643. The molecule has 0 bridgehead atoms. The fourth-order valence-corrected chi connectivity index (χ4v) is 5.80. The van der Waals surface area contributed by atoms with Crippen molar-refractivity contribution >= 4 is 0 Å². The third kappa shape index (κ3) is 5.84. The Balaban J connectivity index is 1.75. The van der Waals surface area contributed by atoms with Crippen molar-refractivity contribution in [3.05, 3.63) is 59.4 Å². The van der Waals surface area contributed by atoms with Crippen LogP contribution in [0.1, 0.15) is 82.9 Å². The molecule has 0 heterocycles. The van der Waals surface area contributed by atoms with Crippen LogP contribution in [0.3, 0.4) is 0 Å². The highest BCUT2D eigenvalue weighted by atomic mass is 19.1. The summed E-state index contributed by atoms with van der Waals surface area (Å²) in [5.41, 5.74) is 2.21. The van der Waals surface area contributed by atoms with Crippen molar-refractivity contribution in [3.63, 3.8) is 0 Å². The largest absolute Gasteiger partial charge is 0.388 e. The highest BCUT2D eigenvalue weighted by Gasteiger charge is 2.41. The molecule has 5 unspecified atom stereocenters. The molecule has 0 spiro atoms. The third-order valence-electron chi connectivity index (χ3n) is 7.59. The van der Waals surface area contributed by atoms with Gasteiger partial charge in [-0.15, -0.1) is 0 Å². The number of unbranched alkanes of at least 4 members (excludes halogenated alkanes) is 1. The van der Waals surface area contributed by atoms with E-state index in [0.29, 0.717) is 11.8 Å². The van der Waals surface area contributed by atoms with Gasteiger partial charge in [-0.3, -0.25) is 0 Å². The molecule has 30 heavy (non-hydrogen) atoms. The Labute approximate surface area is 183 Å². The van der Waals surface area contributed by atoms with E-state index < -0.39 is 6.10 Å². The monoisotopic (exact) mass is 412 g/mol. The Kier molecular flexibility index (Phi) is 8.34. The van der Waals surface area contributed by atoms with Crippen molar-refractivity contribution in [3.8, 4) is 0 Å². The molecule has 3 rings (SSSR count). The summed E-state index contributed by atoms with van der Waals surface area (Å²) >= 11 is 0. The summed E-state index contributed by atoms with van der Waals surface area (Å²) < 4.78 is 14.4. The number of rotatable bonds is 8. The van der Waals surface area contributed by atoms with Gasteiger partial charge < -0.3 is 5.11 Å². The number of hydrogen-bond acceptors (Lipinski definition) is 1. The van der Waals surface area contributed by atoms with Crippen LogP contribution in [0.15, 0.2) is 48.3 Å². The van der Waals surface area contributed by atoms with Crippen LogP contribution >= 0.6 is 0 Å². The fourth-order valence-electron chi connectivity index (χ4n) is 5.80. The maximum Gasteiger partial charge on any atom is 0.103 e. The zero-order valence-corrected chi connectivity index (χ0v) is 19.4. The number of benzene rings is 1. The first kappa shape index (κ1) is 23.3. The summed E-state index contributed by atoms with van der Waals surface area (Å²) in [7, 11) is 0. The van der Waals surface area contributed by atoms with Crippen LogP contribution in [-0.4, -0.2) is 5.11 Å². The van der Waals surface area contributed by atoms with E-state index in [2.05, 4.69) is 45.0 Å². The molecule has 2 aliphatic rings. The van der Waals surface area contributed by atoms with E-state index in [1.165, 1.54) is 37.7 Å². The van der Waals surface area contributed by atoms with Crippen LogP contribution in [0, 0.1) is 42.4 Å². The minimum Gasteiger partial charge on any atom is -0.388 e. The van der Waals surface area contributed by atoms with Crippen LogP contribution in [-0.2, 0) is 0 Å². The molecule has 1 fully saturated rings. The minimum absolute atomic E-state index is 0.0119. The zero-order valence-electron chi connectivity index (χ0n) is 19.4. The topological polar surface area (TPSA) is 20.2 Å². The Morgan fingerprint density at radius 1 is 1.17 bits per heavy atom. The summed E-state index contributed by atoms with van der Waals surface area (Å²) in [6, 6.07) is 8.30. The predicted molar refractivity (Wildman–Crippen MR) is 125 cm³/mol. The third-order valence-corrected chi connectivity index (χ3v) is 7.59. The van der Waals surface area contributed by atoms with Crippen molar-refractivity contribution in [2.24, 2.45) is 35.5 Å². The summed E-state index contributed by atoms with van der Waals surface area (Å²) in [5.74, 6) is 2.07. The lowest BCUT2D eigenvalue weighted by atomic mass is 9.62. The first-order valence-electron chi connectivity index (χ1n) is 12.1. The van der Waals surface area contributed by atoms with Gasteiger partial charge in [0.25, 0.3) is 0 Å². The van der Waals surface area contributed by atoms with E-state index in [0.717, 1.165) is 24.3 Å². The molecule has 0 radical (unpaired) electrons. The summed E-state index contributed by atoms with van der Waals surface area (Å²) in [6.07, 6.45) is 13.7. The molecule has 166 valence electrons. The van der Waals surface area contributed by atoms with Gasteiger partial charge in [-0.1, -0.05) is 94.9 Å². The highest BCUT2D eigenvalue weighted by Crippen LogP contribution is 2.49. The van der Waals surface area contributed by atoms with Crippen LogP contribution in [0.5, 0.6) is 0 Å². The van der Waals surface area contributed by atoms with Gasteiger partial charge in [0.05, 0.1) is 6.10 Å². The molecule has 1 N–H and O–H groups in total. The predicted octanol–water partition coefficient (Wildman–Crippen LogP) is 7.95. The van der Waals surface area contributed by atoms with E-state index in [1.54, 1.807) is 6.08 Å². The number of aliphatic hydroxyl groups excluding tert-OH is 1. The minimum atomic E-state index is -0.470. The molecule has 1 aromatic carbocycles. The second-order valence-electron chi connectivity index (χ2n) is 10.3. The van der Waals surface area contributed by atoms with Gasteiger partial charge in [0.1, 0.15) is 5.83 Å². The van der Waals surface area contributed by atoms with Crippen molar-refractivity contribution in [1.82, 2.24) is 0 Å². The molecule has 0 saturated heterocycles. The van der Waals surface area contributed by atoms with Crippen molar-refractivity contribution in [2.75, 3.05) is 0 Å². The average molecular weight is 413 g/mol. The Bertz CT molecular complexity index is 734. The van der Waals surface area contributed by atoms with E-state index in [9.17, 15) is 9.50 Å². The van der Waals surface area contributed by atoms with Gasteiger partial charge in [0.2, 0.25) is 0 Å². The number of allylic oxidation sites excluding steroid dienone is 4. The lowest BCUT2D eigenvalue weighted by Crippen LogP contribution is -2.36. The molecule has 1 aromatic rings. The standard InChI is InChI=1S/C28H41FO/c1-19(2)9-5-6-11-22-15-16-25(24-13-8-14-27(29)21(24)4)26(18-22)28(30)23-12-7-10-20(3)17-23/h7-8,10,12-14,17,19,21-22,24-26,28,30H,5-6,9,11,15-16,18H2,1-4H3/t21?,22?,24?,25-,26?,28?/m1/s1. The lowest BCUT2D eigenvalue weighted by molar-refractivity contribution is 0.00374. The Morgan fingerprint density at radius 2 is 1.97 bits per heavy atom. The molecule has 6 atom stereocenters. The summed E-state index contributed by atoms with van der Waals surface area (Å²) in [6.45, 7) is 8.68. The molecule has 0 aliphatic heterocycles.